The van der Waals surface area contributed by atoms with Crippen LogP contribution in [0.15, 0.2) is 41.2 Å². The summed E-state index contributed by atoms with van der Waals surface area (Å²) in [4.78, 5) is 43.4. The molecule has 2 aliphatic heterocycles. The van der Waals surface area contributed by atoms with Crippen LogP contribution in [-0.4, -0.2) is 81.7 Å². The highest BCUT2D eigenvalue weighted by molar-refractivity contribution is 5.98. The zero-order valence-electron chi connectivity index (χ0n) is 19.2. The Morgan fingerprint density at radius 2 is 1.88 bits per heavy atom. The van der Waals surface area contributed by atoms with E-state index in [2.05, 4.69) is 15.3 Å². The lowest BCUT2D eigenvalue weighted by molar-refractivity contribution is -0.121. The molecule has 10 heteroatoms. The van der Waals surface area contributed by atoms with Crippen molar-refractivity contribution in [3.05, 3.63) is 58.0 Å². The molecule has 0 saturated carbocycles. The lowest BCUT2D eigenvalue weighted by atomic mass is 10.1. The SMILES string of the molecule is CCNC(=O)Cn1c2c(c(=O)n3nc(-c4ccccc4)cc13)CN(CCN1CCOCC1)C2=O. The number of nitrogens with zero attached hydrogens (tertiary/aromatic N) is 5. The molecule has 0 atom stereocenters. The Morgan fingerprint density at radius 3 is 2.62 bits per heavy atom. The third-order valence-electron chi connectivity index (χ3n) is 6.35. The summed E-state index contributed by atoms with van der Waals surface area (Å²) in [5, 5.41) is 7.33. The molecular weight excluding hydrogens is 436 g/mol. The van der Waals surface area contributed by atoms with Crippen molar-refractivity contribution in [2.45, 2.75) is 20.0 Å². The maximum Gasteiger partial charge on any atom is 0.280 e. The number of likely N-dealkylation sites (N-methyl/N-ethyl adjacent to an activating group) is 1. The number of nitrogens with one attached hydrogen (secondary N) is 1. The molecule has 2 amide bonds. The molecule has 1 N–H and O–H groups in total. The number of hydrogen-bond donors (Lipinski definition) is 1. The summed E-state index contributed by atoms with van der Waals surface area (Å²) in [6, 6.07) is 11.3. The van der Waals surface area contributed by atoms with Crippen molar-refractivity contribution in [1.29, 1.82) is 0 Å². The number of morpholine rings is 1. The monoisotopic (exact) mass is 464 g/mol. The molecule has 3 aromatic rings. The van der Waals surface area contributed by atoms with Crippen molar-refractivity contribution < 1.29 is 14.3 Å². The van der Waals surface area contributed by atoms with Crippen LogP contribution in [0.4, 0.5) is 0 Å². The normalized spacial score (nSPS) is 16.3. The molecule has 0 bridgehead atoms. The van der Waals surface area contributed by atoms with Gasteiger partial charge in [-0.15, -0.1) is 0 Å². The van der Waals surface area contributed by atoms with Crippen LogP contribution in [-0.2, 0) is 22.6 Å². The molecule has 5 rings (SSSR count). The van der Waals surface area contributed by atoms with Gasteiger partial charge in [-0.3, -0.25) is 19.3 Å². The smallest absolute Gasteiger partial charge is 0.280 e. The summed E-state index contributed by atoms with van der Waals surface area (Å²) in [7, 11) is 0. The summed E-state index contributed by atoms with van der Waals surface area (Å²) in [5.74, 6) is -0.452. The van der Waals surface area contributed by atoms with E-state index in [-0.39, 0.29) is 36.2 Å². The van der Waals surface area contributed by atoms with Gasteiger partial charge in [0.25, 0.3) is 11.5 Å². The lowest BCUT2D eigenvalue weighted by Crippen LogP contribution is -2.41. The minimum Gasteiger partial charge on any atom is -0.379 e. The molecule has 4 heterocycles. The molecule has 1 fully saturated rings. The number of ether oxygens (including phenoxy) is 1. The van der Waals surface area contributed by atoms with Crippen LogP contribution in [0.3, 0.4) is 0 Å². The summed E-state index contributed by atoms with van der Waals surface area (Å²) >= 11 is 0. The quantitative estimate of drug-likeness (QED) is 0.549. The summed E-state index contributed by atoms with van der Waals surface area (Å²) in [6.07, 6.45) is 0. The number of aromatic nitrogens is 3. The van der Waals surface area contributed by atoms with E-state index in [9.17, 15) is 14.4 Å². The Balaban J connectivity index is 1.54. The highest BCUT2D eigenvalue weighted by atomic mass is 16.5. The largest absolute Gasteiger partial charge is 0.379 e. The highest BCUT2D eigenvalue weighted by Crippen LogP contribution is 2.25. The fourth-order valence-electron chi connectivity index (χ4n) is 4.59. The standard InChI is InChI=1S/C24H28N6O4/c1-2-25-20(31)16-29-21-14-19(17-6-4-3-5-7-17)26-30(21)23(32)18-15-28(24(33)22(18)29)9-8-27-10-12-34-13-11-27/h3-7,14H,2,8-13,15-16H2,1H3,(H,25,31). The van der Waals surface area contributed by atoms with Gasteiger partial charge in [0.15, 0.2) is 0 Å². The van der Waals surface area contributed by atoms with Gasteiger partial charge in [-0.2, -0.15) is 9.61 Å². The van der Waals surface area contributed by atoms with Crippen molar-refractivity contribution in [2.24, 2.45) is 0 Å². The Morgan fingerprint density at radius 1 is 1.12 bits per heavy atom. The van der Waals surface area contributed by atoms with Gasteiger partial charge in [0.1, 0.15) is 17.9 Å². The molecule has 2 aliphatic rings. The second-order valence-corrected chi connectivity index (χ2v) is 8.52. The van der Waals surface area contributed by atoms with Crippen LogP contribution < -0.4 is 10.9 Å². The maximum absolute atomic E-state index is 13.5. The van der Waals surface area contributed by atoms with Crippen molar-refractivity contribution >= 4 is 17.5 Å². The van der Waals surface area contributed by atoms with Crippen molar-refractivity contribution in [2.75, 3.05) is 45.9 Å². The maximum atomic E-state index is 13.5. The predicted molar refractivity (Wildman–Crippen MR) is 126 cm³/mol. The van der Waals surface area contributed by atoms with Crippen molar-refractivity contribution in [1.82, 2.24) is 29.3 Å². The van der Waals surface area contributed by atoms with Crippen molar-refractivity contribution in [3.8, 4) is 11.3 Å². The molecule has 0 radical (unpaired) electrons. The van der Waals surface area contributed by atoms with E-state index in [0.717, 1.165) is 18.7 Å². The minimum absolute atomic E-state index is 0.0665. The van der Waals surface area contributed by atoms with Gasteiger partial charge >= 0.3 is 0 Å². The number of hydrogen-bond acceptors (Lipinski definition) is 6. The first-order chi connectivity index (χ1) is 16.6. The second kappa shape index (κ2) is 9.40. The molecule has 10 nitrogen and oxygen atoms in total. The third kappa shape index (κ3) is 4.10. The van der Waals surface area contributed by atoms with Gasteiger partial charge in [0.05, 0.1) is 31.0 Å². The van der Waals surface area contributed by atoms with Crippen LogP contribution in [0.25, 0.3) is 16.9 Å². The zero-order valence-corrected chi connectivity index (χ0v) is 19.2. The molecule has 0 aliphatic carbocycles. The number of rotatable bonds is 7. The summed E-state index contributed by atoms with van der Waals surface area (Å²) in [6.45, 7) is 6.71. The first kappa shape index (κ1) is 22.3. The van der Waals surface area contributed by atoms with E-state index in [0.29, 0.717) is 49.8 Å². The molecular formula is C24H28N6O4. The second-order valence-electron chi connectivity index (χ2n) is 8.52. The topological polar surface area (TPSA) is 101 Å². The average Bonchev–Trinajstić information content (AvgIpc) is 3.44. The summed E-state index contributed by atoms with van der Waals surface area (Å²) < 4.78 is 8.35. The fourth-order valence-corrected chi connectivity index (χ4v) is 4.59. The predicted octanol–water partition coefficient (Wildman–Crippen LogP) is 0.587. The molecule has 1 saturated heterocycles. The number of fused-ring (bicyclic) bond motifs is 2. The van der Waals surface area contributed by atoms with Crippen LogP contribution >= 0.6 is 0 Å². The Kier molecular flexibility index (Phi) is 6.16. The van der Waals surface area contributed by atoms with Crippen molar-refractivity contribution in [3.63, 3.8) is 0 Å². The van der Waals surface area contributed by atoms with Crippen LogP contribution in [0, 0.1) is 0 Å². The van der Waals surface area contributed by atoms with Crippen LogP contribution in [0.1, 0.15) is 23.0 Å². The Bertz CT molecular complexity index is 1280. The van der Waals surface area contributed by atoms with Crippen LogP contribution in [0.5, 0.6) is 0 Å². The van der Waals surface area contributed by atoms with E-state index in [1.54, 1.807) is 15.5 Å². The van der Waals surface area contributed by atoms with Gasteiger partial charge in [0.2, 0.25) is 5.91 Å². The molecule has 178 valence electrons. The fraction of sp³-hybridized carbons (Fsp3) is 0.417. The van der Waals surface area contributed by atoms with E-state index >= 15 is 0 Å². The van der Waals surface area contributed by atoms with Gasteiger partial charge in [-0.25, -0.2) is 0 Å². The first-order valence-corrected chi connectivity index (χ1v) is 11.6. The first-order valence-electron chi connectivity index (χ1n) is 11.6. The Labute approximate surface area is 196 Å². The van der Waals surface area contributed by atoms with E-state index in [4.69, 9.17) is 4.74 Å². The van der Waals surface area contributed by atoms with Gasteiger partial charge < -0.3 is 19.5 Å². The molecule has 34 heavy (non-hydrogen) atoms. The lowest BCUT2D eigenvalue weighted by Gasteiger charge is -2.28. The van der Waals surface area contributed by atoms with Gasteiger partial charge in [-0.05, 0) is 6.92 Å². The summed E-state index contributed by atoms with van der Waals surface area (Å²) in [5.41, 5.74) is 2.24. The molecule has 0 spiro atoms. The molecule has 1 aromatic carbocycles. The van der Waals surface area contributed by atoms with Gasteiger partial charge in [0, 0.05) is 44.4 Å². The molecule has 0 unspecified atom stereocenters. The molecule has 2 aromatic heterocycles. The van der Waals surface area contributed by atoms with Crippen LogP contribution in [0.2, 0.25) is 0 Å². The Hall–Kier alpha value is -3.50. The number of carbonyl (C=O) groups is 2. The van der Waals surface area contributed by atoms with Gasteiger partial charge in [-0.1, -0.05) is 30.3 Å². The number of carbonyl (C=O) groups excluding carboxylic acids is 2. The van der Waals surface area contributed by atoms with E-state index in [1.807, 2.05) is 37.3 Å². The minimum atomic E-state index is -0.318. The zero-order chi connectivity index (χ0) is 23.7. The van der Waals surface area contributed by atoms with E-state index in [1.165, 1.54) is 4.52 Å². The number of benzene rings is 1. The average molecular weight is 465 g/mol. The number of amides is 2. The third-order valence-corrected chi connectivity index (χ3v) is 6.35. The van der Waals surface area contributed by atoms with E-state index < -0.39 is 0 Å². The highest BCUT2D eigenvalue weighted by Gasteiger charge is 2.35.